The van der Waals surface area contributed by atoms with Crippen LogP contribution in [0.5, 0.6) is 0 Å². The first-order valence-electron chi connectivity index (χ1n) is 5.21. The van der Waals surface area contributed by atoms with Gasteiger partial charge in [0.25, 0.3) is 0 Å². The fourth-order valence-corrected chi connectivity index (χ4v) is 2.18. The van der Waals surface area contributed by atoms with Crippen molar-refractivity contribution in [1.82, 2.24) is 0 Å². The topological polar surface area (TPSA) is 0 Å². The van der Waals surface area contributed by atoms with Crippen molar-refractivity contribution < 1.29 is 0 Å². The third-order valence-corrected chi connectivity index (χ3v) is 2.91. The van der Waals surface area contributed by atoms with Gasteiger partial charge < -0.3 is 0 Å². The zero-order chi connectivity index (χ0) is 11.1. The lowest BCUT2D eigenvalue weighted by atomic mass is 9.84. The molecule has 2 rings (SSSR count). The Bertz CT molecular complexity index is 492. The Labute approximate surface area is 96.7 Å². The molecule has 0 radical (unpaired) electrons. The summed E-state index contributed by atoms with van der Waals surface area (Å²) in [5.74, 6) is 0. The molecule has 0 saturated carbocycles. The first kappa shape index (κ1) is 10.6. The molecule has 1 heteroatoms. The maximum atomic E-state index is 4.46. The van der Waals surface area contributed by atoms with Gasteiger partial charge in [-0.25, -0.2) is 0 Å². The van der Waals surface area contributed by atoms with Crippen LogP contribution in [0.1, 0.15) is 26.3 Å². The van der Waals surface area contributed by atoms with Crippen molar-refractivity contribution in [3.05, 3.63) is 42.0 Å². The SMILES string of the molecule is CC(C)(C)c1cc(S)cc2ccccc12. The van der Waals surface area contributed by atoms with Gasteiger partial charge in [-0.3, -0.25) is 0 Å². The van der Waals surface area contributed by atoms with Gasteiger partial charge in [0, 0.05) is 4.90 Å². The average molecular weight is 216 g/mol. The molecule has 0 aliphatic heterocycles. The highest BCUT2D eigenvalue weighted by atomic mass is 32.1. The highest BCUT2D eigenvalue weighted by molar-refractivity contribution is 7.80. The van der Waals surface area contributed by atoms with Crippen LogP contribution in [0.25, 0.3) is 10.8 Å². The van der Waals surface area contributed by atoms with Crippen molar-refractivity contribution in [3.8, 4) is 0 Å². The molecule has 15 heavy (non-hydrogen) atoms. The molecular weight excluding hydrogens is 200 g/mol. The normalized spacial score (nSPS) is 12.0. The van der Waals surface area contributed by atoms with Crippen molar-refractivity contribution >= 4 is 23.4 Å². The Hall–Kier alpha value is -0.950. The summed E-state index contributed by atoms with van der Waals surface area (Å²) in [6, 6.07) is 12.8. The van der Waals surface area contributed by atoms with Crippen molar-refractivity contribution in [1.29, 1.82) is 0 Å². The van der Waals surface area contributed by atoms with Crippen LogP contribution in [0.3, 0.4) is 0 Å². The Kier molecular flexibility index (Phi) is 2.51. The number of fused-ring (bicyclic) bond motifs is 1. The monoisotopic (exact) mass is 216 g/mol. The summed E-state index contributed by atoms with van der Waals surface area (Å²) in [6.07, 6.45) is 0. The Balaban J connectivity index is 2.83. The zero-order valence-electron chi connectivity index (χ0n) is 9.41. The molecule has 0 fully saturated rings. The van der Waals surface area contributed by atoms with Gasteiger partial charge in [0.1, 0.15) is 0 Å². The average Bonchev–Trinajstić information content (AvgIpc) is 2.15. The van der Waals surface area contributed by atoms with Crippen molar-refractivity contribution in [2.24, 2.45) is 0 Å². The van der Waals surface area contributed by atoms with E-state index >= 15 is 0 Å². The molecule has 0 spiro atoms. The second kappa shape index (κ2) is 3.57. The Morgan fingerprint density at radius 3 is 2.33 bits per heavy atom. The van der Waals surface area contributed by atoms with Crippen molar-refractivity contribution in [2.45, 2.75) is 31.1 Å². The molecule has 0 N–H and O–H groups in total. The van der Waals surface area contributed by atoms with Crippen LogP contribution in [-0.4, -0.2) is 0 Å². The quantitative estimate of drug-likeness (QED) is 0.619. The molecule has 78 valence electrons. The number of rotatable bonds is 0. The number of hydrogen-bond acceptors (Lipinski definition) is 1. The van der Waals surface area contributed by atoms with E-state index in [0.29, 0.717) is 0 Å². The van der Waals surface area contributed by atoms with Gasteiger partial charge in [0.05, 0.1) is 0 Å². The van der Waals surface area contributed by atoms with Crippen LogP contribution in [0.15, 0.2) is 41.3 Å². The second-order valence-electron chi connectivity index (χ2n) is 4.96. The Morgan fingerprint density at radius 2 is 1.67 bits per heavy atom. The van der Waals surface area contributed by atoms with Gasteiger partial charge in [-0.15, -0.1) is 12.6 Å². The molecule has 0 nitrogen and oxygen atoms in total. The molecule has 0 aromatic heterocycles. The second-order valence-corrected chi connectivity index (χ2v) is 5.48. The zero-order valence-corrected chi connectivity index (χ0v) is 10.3. The summed E-state index contributed by atoms with van der Waals surface area (Å²) in [5.41, 5.74) is 1.53. The van der Waals surface area contributed by atoms with Gasteiger partial charge in [-0.05, 0) is 33.9 Å². The maximum absolute atomic E-state index is 4.46. The predicted molar refractivity (Wildman–Crippen MR) is 69.9 cm³/mol. The van der Waals surface area contributed by atoms with Crippen LogP contribution in [0.2, 0.25) is 0 Å². The van der Waals surface area contributed by atoms with Crippen LogP contribution in [0, 0.1) is 0 Å². The molecule has 0 aliphatic carbocycles. The van der Waals surface area contributed by atoms with Crippen LogP contribution < -0.4 is 0 Å². The molecule has 0 amide bonds. The van der Waals surface area contributed by atoms with Crippen LogP contribution >= 0.6 is 12.6 Å². The molecule has 0 unspecified atom stereocenters. The lowest BCUT2D eigenvalue weighted by Crippen LogP contribution is -2.11. The summed E-state index contributed by atoms with van der Waals surface area (Å²) in [5, 5.41) is 2.61. The van der Waals surface area contributed by atoms with Gasteiger partial charge in [0.2, 0.25) is 0 Å². The highest BCUT2D eigenvalue weighted by Crippen LogP contribution is 2.32. The minimum absolute atomic E-state index is 0.165. The lowest BCUT2D eigenvalue weighted by Gasteiger charge is -2.22. The van der Waals surface area contributed by atoms with Gasteiger partial charge in [0.15, 0.2) is 0 Å². The van der Waals surface area contributed by atoms with Crippen LogP contribution in [-0.2, 0) is 5.41 Å². The minimum Gasteiger partial charge on any atom is -0.143 e. The van der Waals surface area contributed by atoms with Crippen molar-refractivity contribution in [2.75, 3.05) is 0 Å². The number of benzene rings is 2. The van der Waals surface area contributed by atoms with E-state index in [1.165, 1.54) is 16.3 Å². The minimum atomic E-state index is 0.165. The fourth-order valence-electron chi connectivity index (χ4n) is 1.92. The van der Waals surface area contributed by atoms with E-state index in [9.17, 15) is 0 Å². The molecule has 0 saturated heterocycles. The third kappa shape index (κ3) is 2.03. The van der Waals surface area contributed by atoms with Gasteiger partial charge in [-0.1, -0.05) is 45.0 Å². The number of thiol groups is 1. The summed E-state index contributed by atoms with van der Waals surface area (Å²) < 4.78 is 0. The van der Waals surface area contributed by atoms with Crippen LogP contribution in [0.4, 0.5) is 0 Å². The lowest BCUT2D eigenvalue weighted by molar-refractivity contribution is 0.594. The summed E-state index contributed by atoms with van der Waals surface area (Å²) >= 11 is 4.46. The standard InChI is InChI=1S/C14H16S/c1-14(2,3)13-9-11(15)8-10-6-4-5-7-12(10)13/h4-9,15H,1-3H3. The van der Waals surface area contributed by atoms with E-state index in [0.717, 1.165) is 4.90 Å². The highest BCUT2D eigenvalue weighted by Gasteiger charge is 2.16. The predicted octanol–water partition coefficient (Wildman–Crippen LogP) is 4.43. The molecule has 0 heterocycles. The number of hydrogen-bond donors (Lipinski definition) is 1. The summed E-state index contributed by atoms with van der Waals surface area (Å²) in [4.78, 5) is 1.04. The van der Waals surface area contributed by atoms with E-state index < -0.39 is 0 Å². The smallest absolute Gasteiger partial charge is 0.00493 e. The summed E-state index contributed by atoms with van der Waals surface area (Å²) in [6.45, 7) is 6.71. The van der Waals surface area contributed by atoms with Gasteiger partial charge in [-0.2, -0.15) is 0 Å². The van der Waals surface area contributed by atoms with E-state index in [2.05, 4.69) is 69.8 Å². The summed E-state index contributed by atoms with van der Waals surface area (Å²) in [7, 11) is 0. The van der Waals surface area contributed by atoms with E-state index in [1.54, 1.807) is 0 Å². The van der Waals surface area contributed by atoms with Crippen molar-refractivity contribution in [3.63, 3.8) is 0 Å². The largest absolute Gasteiger partial charge is 0.143 e. The van der Waals surface area contributed by atoms with E-state index in [1.807, 2.05) is 0 Å². The Morgan fingerprint density at radius 1 is 1.00 bits per heavy atom. The van der Waals surface area contributed by atoms with E-state index in [4.69, 9.17) is 0 Å². The first-order chi connectivity index (χ1) is 6.98. The maximum Gasteiger partial charge on any atom is 0.00493 e. The van der Waals surface area contributed by atoms with Gasteiger partial charge >= 0.3 is 0 Å². The molecule has 2 aromatic carbocycles. The fraction of sp³-hybridized carbons (Fsp3) is 0.286. The molecule has 0 aliphatic rings. The molecule has 0 bridgehead atoms. The van der Waals surface area contributed by atoms with E-state index in [-0.39, 0.29) is 5.41 Å². The first-order valence-corrected chi connectivity index (χ1v) is 5.65. The molecular formula is C14H16S. The third-order valence-electron chi connectivity index (χ3n) is 2.65. The molecule has 0 atom stereocenters. The molecule has 2 aromatic rings.